The normalized spacial score (nSPS) is 28.5. The molecule has 0 radical (unpaired) electrons. The molecule has 0 aromatic rings. The first-order valence-corrected chi connectivity index (χ1v) is 8.47. The molecule has 1 N–H and O–H groups in total. The molecule has 1 saturated carbocycles. The van der Waals surface area contributed by atoms with Gasteiger partial charge in [-0.1, -0.05) is 19.3 Å². The zero-order valence-corrected chi connectivity index (χ0v) is 14.0. The fourth-order valence-electron chi connectivity index (χ4n) is 3.57. The molecule has 20 heavy (non-hydrogen) atoms. The van der Waals surface area contributed by atoms with E-state index in [1.165, 1.54) is 45.2 Å². The lowest BCUT2D eigenvalue weighted by atomic mass is 9.73. The fraction of sp³-hybridized carbons (Fsp3) is 1.00. The van der Waals surface area contributed by atoms with Crippen LogP contribution in [0.3, 0.4) is 0 Å². The highest BCUT2D eigenvalue weighted by Crippen LogP contribution is 2.37. The Morgan fingerprint density at radius 3 is 2.50 bits per heavy atom. The van der Waals surface area contributed by atoms with Crippen molar-refractivity contribution in [1.82, 2.24) is 10.2 Å². The Labute approximate surface area is 125 Å². The van der Waals surface area contributed by atoms with E-state index >= 15 is 0 Å². The summed E-state index contributed by atoms with van der Waals surface area (Å²) in [6.45, 7) is 14.5. The second kappa shape index (κ2) is 6.76. The Hall–Kier alpha value is -0.120. The molecule has 2 aliphatic rings. The Balaban J connectivity index is 1.98. The second-order valence-corrected chi connectivity index (χ2v) is 8.06. The van der Waals surface area contributed by atoms with E-state index in [2.05, 4.69) is 37.9 Å². The molecular formula is C17H34N2O. The lowest BCUT2D eigenvalue weighted by Crippen LogP contribution is -2.53. The highest BCUT2D eigenvalue weighted by Gasteiger charge is 2.36. The highest BCUT2D eigenvalue weighted by atomic mass is 16.5. The van der Waals surface area contributed by atoms with E-state index < -0.39 is 0 Å². The minimum atomic E-state index is 0.223. The third kappa shape index (κ3) is 4.71. The van der Waals surface area contributed by atoms with Crippen molar-refractivity contribution in [1.29, 1.82) is 0 Å². The summed E-state index contributed by atoms with van der Waals surface area (Å²) < 4.78 is 5.59. The summed E-state index contributed by atoms with van der Waals surface area (Å²) in [5.74, 6) is 0. The average Bonchev–Trinajstić information content (AvgIpc) is 2.40. The SMILES string of the molecule is CC1COCCN1CC1(CNC(C)(C)C)CCCCC1. The number of rotatable bonds is 4. The van der Waals surface area contributed by atoms with E-state index in [0.29, 0.717) is 11.5 Å². The van der Waals surface area contributed by atoms with Crippen LogP contribution in [0.2, 0.25) is 0 Å². The number of nitrogens with one attached hydrogen (secondary N) is 1. The Bertz CT molecular complexity index is 292. The molecular weight excluding hydrogens is 248 g/mol. The average molecular weight is 282 g/mol. The topological polar surface area (TPSA) is 24.5 Å². The minimum absolute atomic E-state index is 0.223. The molecule has 2 rings (SSSR count). The van der Waals surface area contributed by atoms with Crippen LogP contribution in [0.1, 0.15) is 59.8 Å². The smallest absolute Gasteiger partial charge is 0.0619 e. The van der Waals surface area contributed by atoms with Crippen LogP contribution in [-0.4, -0.2) is 49.3 Å². The van der Waals surface area contributed by atoms with Crippen molar-refractivity contribution < 1.29 is 4.74 Å². The highest BCUT2D eigenvalue weighted by molar-refractivity contribution is 4.91. The first-order valence-electron chi connectivity index (χ1n) is 8.47. The van der Waals surface area contributed by atoms with Crippen molar-refractivity contribution in [2.75, 3.05) is 32.8 Å². The predicted octanol–water partition coefficient (Wildman–Crippen LogP) is 3.05. The minimum Gasteiger partial charge on any atom is -0.379 e. The summed E-state index contributed by atoms with van der Waals surface area (Å²) in [7, 11) is 0. The van der Waals surface area contributed by atoms with E-state index in [1.807, 2.05) is 0 Å². The van der Waals surface area contributed by atoms with Gasteiger partial charge in [0.25, 0.3) is 0 Å². The van der Waals surface area contributed by atoms with Gasteiger partial charge in [0.15, 0.2) is 0 Å². The molecule has 1 saturated heterocycles. The molecule has 2 fully saturated rings. The second-order valence-electron chi connectivity index (χ2n) is 8.06. The van der Waals surface area contributed by atoms with E-state index in [1.54, 1.807) is 0 Å². The van der Waals surface area contributed by atoms with E-state index in [0.717, 1.165) is 19.8 Å². The zero-order chi connectivity index (χ0) is 14.6. The quantitative estimate of drug-likeness (QED) is 0.858. The summed E-state index contributed by atoms with van der Waals surface area (Å²) in [5, 5.41) is 3.78. The van der Waals surface area contributed by atoms with Crippen molar-refractivity contribution in [3.63, 3.8) is 0 Å². The van der Waals surface area contributed by atoms with Crippen molar-refractivity contribution in [3.8, 4) is 0 Å². The van der Waals surface area contributed by atoms with E-state index in [-0.39, 0.29) is 5.54 Å². The van der Waals surface area contributed by atoms with E-state index in [9.17, 15) is 0 Å². The lowest BCUT2D eigenvalue weighted by molar-refractivity contribution is -0.0279. The number of hydrogen-bond donors (Lipinski definition) is 1. The summed E-state index contributed by atoms with van der Waals surface area (Å²) in [4.78, 5) is 2.67. The maximum Gasteiger partial charge on any atom is 0.0619 e. The van der Waals surface area contributed by atoms with Crippen LogP contribution in [-0.2, 0) is 4.74 Å². The van der Waals surface area contributed by atoms with Crippen molar-refractivity contribution in [2.24, 2.45) is 5.41 Å². The van der Waals surface area contributed by atoms with Gasteiger partial charge < -0.3 is 10.1 Å². The number of hydrogen-bond acceptors (Lipinski definition) is 3. The van der Waals surface area contributed by atoms with Gasteiger partial charge in [-0.3, -0.25) is 4.90 Å². The monoisotopic (exact) mass is 282 g/mol. The maximum absolute atomic E-state index is 5.59. The molecule has 3 nitrogen and oxygen atoms in total. The van der Waals surface area contributed by atoms with Gasteiger partial charge >= 0.3 is 0 Å². The number of ether oxygens (including phenoxy) is 1. The lowest BCUT2D eigenvalue weighted by Gasteiger charge is -2.45. The van der Waals surface area contributed by atoms with Crippen LogP contribution in [0.15, 0.2) is 0 Å². The zero-order valence-electron chi connectivity index (χ0n) is 14.0. The van der Waals surface area contributed by atoms with Crippen LogP contribution in [0, 0.1) is 5.41 Å². The molecule has 0 amide bonds. The van der Waals surface area contributed by atoms with Crippen LogP contribution in [0.4, 0.5) is 0 Å². The summed E-state index contributed by atoms with van der Waals surface area (Å²) >= 11 is 0. The van der Waals surface area contributed by atoms with E-state index in [4.69, 9.17) is 4.74 Å². The predicted molar refractivity (Wildman–Crippen MR) is 85.1 cm³/mol. The van der Waals surface area contributed by atoms with Gasteiger partial charge in [-0.2, -0.15) is 0 Å². The Morgan fingerprint density at radius 1 is 1.20 bits per heavy atom. The number of nitrogens with zero attached hydrogens (tertiary/aromatic N) is 1. The molecule has 118 valence electrons. The molecule has 1 heterocycles. The van der Waals surface area contributed by atoms with Gasteiger partial charge in [-0.25, -0.2) is 0 Å². The van der Waals surface area contributed by atoms with Crippen molar-refractivity contribution >= 4 is 0 Å². The standard InChI is InChI=1S/C17H34N2O/c1-15-12-20-11-10-19(15)14-17(8-6-5-7-9-17)13-18-16(2,3)4/h15,18H,5-14H2,1-4H3. The molecule has 0 aromatic heterocycles. The van der Waals surface area contributed by atoms with Crippen LogP contribution >= 0.6 is 0 Å². The summed E-state index contributed by atoms with van der Waals surface area (Å²) in [6, 6.07) is 0.581. The van der Waals surface area contributed by atoms with Gasteiger partial charge in [-0.05, 0) is 46.0 Å². The molecule has 0 bridgehead atoms. The molecule has 0 aromatic carbocycles. The van der Waals surface area contributed by atoms with Crippen molar-refractivity contribution in [3.05, 3.63) is 0 Å². The molecule has 1 aliphatic heterocycles. The summed E-state index contributed by atoms with van der Waals surface area (Å²) in [6.07, 6.45) is 7.02. The third-order valence-corrected chi connectivity index (χ3v) is 4.95. The van der Waals surface area contributed by atoms with Gasteiger partial charge in [-0.15, -0.1) is 0 Å². The summed E-state index contributed by atoms with van der Waals surface area (Å²) in [5.41, 5.74) is 0.707. The molecule has 1 atom stereocenters. The largest absolute Gasteiger partial charge is 0.379 e. The van der Waals surface area contributed by atoms with Gasteiger partial charge in [0, 0.05) is 31.2 Å². The Morgan fingerprint density at radius 2 is 1.90 bits per heavy atom. The van der Waals surface area contributed by atoms with Crippen LogP contribution in [0.5, 0.6) is 0 Å². The first-order chi connectivity index (χ1) is 9.40. The molecule has 0 spiro atoms. The Kier molecular flexibility index (Phi) is 5.49. The van der Waals surface area contributed by atoms with Gasteiger partial charge in [0.2, 0.25) is 0 Å². The number of morpholine rings is 1. The molecule has 3 heteroatoms. The third-order valence-electron chi connectivity index (χ3n) is 4.95. The molecule has 1 aliphatic carbocycles. The molecule has 1 unspecified atom stereocenters. The van der Waals surface area contributed by atoms with Crippen LogP contribution < -0.4 is 5.32 Å². The van der Waals surface area contributed by atoms with Crippen LogP contribution in [0.25, 0.3) is 0 Å². The van der Waals surface area contributed by atoms with Gasteiger partial charge in [0.1, 0.15) is 0 Å². The van der Waals surface area contributed by atoms with Crippen molar-refractivity contribution in [2.45, 2.75) is 71.4 Å². The first kappa shape index (κ1) is 16.3. The van der Waals surface area contributed by atoms with Gasteiger partial charge in [0.05, 0.1) is 13.2 Å². The maximum atomic E-state index is 5.59. The fourth-order valence-corrected chi connectivity index (χ4v) is 3.57.